The number of nitrogens with zero attached hydrogens (tertiary/aromatic N) is 2. The van der Waals surface area contributed by atoms with Crippen molar-refractivity contribution < 1.29 is 17.9 Å². The molecule has 1 aliphatic heterocycles. The molecule has 8 heteroatoms. The van der Waals surface area contributed by atoms with E-state index in [9.17, 15) is 13.2 Å². The zero-order valence-corrected chi connectivity index (χ0v) is 16.3. The maximum Gasteiger partial charge on any atom is 0.302 e. The summed E-state index contributed by atoms with van der Waals surface area (Å²) in [5, 5.41) is 7.15. The second-order valence-electron chi connectivity index (χ2n) is 6.08. The van der Waals surface area contributed by atoms with Crippen LogP contribution in [0.3, 0.4) is 0 Å². The van der Waals surface area contributed by atoms with E-state index in [1.807, 2.05) is 29.3 Å². The quantitative estimate of drug-likeness (QED) is 0.688. The van der Waals surface area contributed by atoms with Gasteiger partial charge in [0, 0.05) is 24.9 Å². The summed E-state index contributed by atoms with van der Waals surface area (Å²) in [6.07, 6.45) is 0.796. The lowest BCUT2D eigenvalue weighted by Gasteiger charge is -2.14. The standard InChI is InChI=1S/C19H19ClN2O4S/c1-14(23)26-12-13-27(24,25)18-8-6-17(7-9-18)22-11-10-19(21-22)15-2-4-16(20)5-3-15/h2-9H,10-13H2,1H3. The van der Waals surface area contributed by atoms with Crippen LogP contribution in [0.15, 0.2) is 58.5 Å². The summed E-state index contributed by atoms with van der Waals surface area (Å²) in [6, 6.07) is 14.1. The minimum Gasteiger partial charge on any atom is -0.465 e. The summed E-state index contributed by atoms with van der Waals surface area (Å²) in [5.41, 5.74) is 2.80. The molecule has 0 aromatic heterocycles. The molecule has 0 aliphatic carbocycles. The summed E-state index contributed by atoms with van der Waals surface area (Å²) in [4.78, 5) is 11.0. The lowest BCUT2D eigenvalue weighted by atomic mass is 10.1. The lowest BCUT2D eigenvalue weighted by molar-refractivity contribution is -0.140. The summed E-state index contributed by atoms with van der Waals surface area (Å²) in [6.45, 7) is 1.81. The van der Waals surface area contributed by atoms with Gasteiger partial charge in [0.25, 0.3) is 0 Å². The maximum absolute atomic E-state index is 12.3. The van der Waals surface area contributed by atoms with E-state index in [1.54, 1.807) is 24.3 Å². The number of hydrazone groups is 1. The second-order valence-corrected chi connectivity index (χ2v) is 8.63. The fourth-order valence-corrected chi connectivity index (χ4v) is 3.94. The number of sulfone groups is 1. The Labute approximate surface area is 163 Å². The van der Waals surface area contributed by atoms with Crippen molar-refractivity contribution in [2.75, 3.05) is 23.9 Å². The lowest BCUT2D eigenvalue weighted by Crippen LogP contribution is -2.15. The van der Waals surface area contributed by atoms with Crippen LogP contribution >= 0.6 is 11.6 Å². The van der Waals surface area contributed by atoms with Crippen molar-refractivity contribution in [3.63, 3.8) is 0 Å². The van der Waals surface area contributed by atoms with Crippen molar-refractivity contribution in [2.45, 2.75) is 18.2 Å². The van der Waals surface area contributed by atoms with E-state index in [4.69, 9.17) is 16.3 Å². The van der Waals surface area contributed by atoms with Crippen LogP contribution in [0.5, 0.6) is 0 Å². The van der Waals surface area contributed by atoms with Crippen LogP contribution in [0, 0.1) is 0 Å². The molecule has 0 fully saturated rings. The predicted molar refractivity (Wildman–Crippen MR) is 105 cm³/mol. The predicted octanol–water partition coefficient (Wildman–Crippen LogP) is 3.29. The minimum atomic E-state index is -3.50. The topological polar surface area (TPSA) is 76.0 Å². The second kappa shape index (κ2) is 8.10. The Balaban J connectivity index is 1.70. The molecular formula is C19H19ClN2O4S. The number of benzene rings is 2. The van der Waals surface area contributed by atoms with Gasteiger partial charge in [-0.2, -0.15) is 5.10 Å². The highest BCUT2D eigenvalue weighted by Gasteiger charge is 2.19. The molecule has 27 heavy (non-hydrogen) atoms. The van der Waals surface area contributed by atoms with Crippen molar-refractivity contribution in [2.24, 2.45) is 5.10 Å². The van der Waals surface area contributed by atoms with Crippen molar-refractivity contribution in [1.82, 2.24) is 0 Å². The van der Waals surface area contributed by atoms with Gasteiger partial charge >= 0.3 is 5.97 Å². The molecule has 0 N–H and O–H groups in total. The fraction of sp³-hybridized carbons (Fsp3) is 0.263. The average molecular weight is 407 g/mol. The van der Waals surface area contributed by atoms with Crippen LogP contribution in [0.25, 0.3) is 0 Å². The number of halogens is 1. The first-order valence-corrected chi connectivity index (χ1v) is 10.5. The first-order valence-electron chi connectivity index (χ1n) is 8.42. The minimum absolute atomic E-state index is 0.152. The Hall–Kier alpha value is -2.38. The molecule has 0 bridgehead atoms. The van der Waals surface area contributed by atoms with Gasteiger partial charge in [0.15, 0.2) is 9.84 Å². The van der Waals surface area contributed by atoms with E-state index < -0.39 is 15.8 Å². The van der Waals surface area contributed by atoms with Gasteiger partial charge in [0.05, 0.1) is 22.0 Å². The Bertz CT molecular complexity index is 954. The Morgan fingerprint density at radius 1 is 1.15 bits per heavy atom. The zero-order chi connectivity index (χ0) is 19.4. The zero-order valence-electron chi connectivity index (χ0n) is 14.8. The Kier molecular flexibility index (Phi) is 5.82. The molecule has 1 aliphatic rings. The molecular weight excluding hydrogens is 388 g/mol. The molecule has 2 aromatic rings. The highest BCUT2D eigenvalue weighted by Crippen LogP contribution is 2.24. The molecule has 0 atom stereocenters. The third kappa shape index (κ3) is 4.87. The highest BCUT2D eigenvalue weighted by atomic mass is 35.5. The van der Waals surface area contributed by atoms with E-state index in [0.717, 1.165) is 29.9 Å². The van der Waals surface area contributed by atoms with Crippen molar-refractivity contribution in [1.29, 1.82) is 0 Å². The number of ether oxygens (including phenoxy) is 1. The van der Waals surface area contributed by atoms with Crippen LogP contribution in [-0.4, -0.2) is 39.0 Å². The Morgan fingerprint density at radius 3 is 2.44 bits per heavy atom. The third-order valence-corrected chi connectivity index (χ3v) is 6.08. The summed E-state index contributed by atoms with van der Waals surface area (Å²) in [7, 11) is -3.50. The maximum atomic E-state index is 12.3. The number of anilines is 1. The van der Waals surface area contributed by atoms with Crippen LogP contribution in [0.1, 0.15) is 18.9 Å². The van der Waals surface area contributed by atoms with Crippen LogP contribution in [0.4, 0.5) is 5.69 Å². The van der Waals surface area contributed by atoms with Gasteiger partial charge in [-0.1, -0.05) is 23.7 Å². The summed E-state index contributed by atoms with van der Waals surface area (Å²) >= 11 is 5.92. The van der Waals surface area contributed by atoms with Gasteiger partial charge in [0.1, 0.15) is 6.61 Å². The molecule has 0 saturated heterocycles. The van der Waals surface area contributed by atoms with E-state index >= 15 is 0 Å². The first kappa shape index (κ1) is 19.4. The van der Waals surface area contributed by atoms with Crippen molar-refractivity contribution in [3.8, 4) is 0 Å². The molecule has 3 rings (SSSR count). The number of rotatable bonds is 6. The largest absolute Gasteiger partial charge is 0.465 e. The number of hydrogen-bond donors (Lipinski definition) is 0. The molecule has 1 heterocycles. The van der Waals surface area contributed by atoms with Crippen molar-refractivity contribution in [3.05, 3.63) is 59.1 Å². The van der Waals surface area contributed by atoms with Gasteiger partial charge in [-0.05, 0) is 42.0 Å². The highest BCUT2D eigenvalue weighted by molar-refractivity contribution is 7.91. The first-order chi connectivity index (χ1) is 12.8. The van der Waals surface area contributed by atoms with Gasteiger partial charge in [-0.25, -0.2) is 8.42 Å². The molecule has 0 unspecified atom stereocenters. The van der Waals surface area contributed by atoms with Crippen LogP contribution in [0.2, 0.25) is 5.02 Å². The molecule has 142 valence electrons. The summed E-state index contributed by atoms with van der Waals surface area (Å²) < 4.78 is 29.2. The third-order valence-electron chi connectivity index (χ3n) is 4.13. The van der Waals surface area contributed by atoms with Crippen LogP contribution in [-0.2, 0) is 19.4 Å². The summed E-state index contributed by atoms with van der Waals surface area (Å²) in [5.74, 6) is -0.738. The van der Waals surface area contributed by atoms with Gasteiger partial charge < -0.3 is 4.74 Å². The SMILES string of the molecule is CC(=O)OCCS(=O)(=O)c1ccc(N2CCC(c3ccc(Cl)cc3)=N2)cc1. The molecule has 0 spiro atoms. The molecule has 6 nitrogen and oxygen atoms in total. The fourth-order valence-electron chi connectivity index (χ4n) is 2.73. The normalized spacial score (nSPS) is 14.1. The van der Waals surface area contributed by atoms with Gasteiger partial charge in [-0.15, -0.1) is 0 Å². The smallest absolute Gasteiger partial charge is 0.302 e. The van der Waals surface area contributed by atoms with Gasteiger partial charge in [0.2, 0.25) is 0 Å². The van der Waals surface area contributed by atoms with E-state index in [1.165, 1.54) is 6.92 Å². The number of esters is 1. The van der Waals surface area contributed by atoms with E-state index in [2.05, 4.69) is 5.10 Å². The average Bonchev–Trinajstić information content (AvgIpc) is 3.12. The molecule has 0 radical (unpaired) electrons. The van der Waals surface area contributed by atoms with Crippen molar-refractivity contribution >= 4 is 38.8 Å². The van der Waals surface area contributed by atoms with Crippen LogP contribution < -0.4 is 5.01 Å². The van der Waals surface area contributed by atoms with Gasteiger partial charge in [-0.3, -0.25) is 9.80 Å². The van der Waals surface area contributed by atoms with E-state index in [0.29, 0.717) is 5.02 Å². The number of carbonyl (C=O) groups excluding carboxylic acids is 1. The monoisotopic (exact) mass is 406 g/mol. The molecule has 0 amide bonds. The Morgan fingerprint density at radius 2 is 1.81 bits per heavy atom. The number of hydrogen-bond acceptors (Lipinski definition) is 6. The number of carbonyl (C=O) groups is 1. The molecule has 2 aromatic carbocycles. The van der Waals surface area contributed by atoms with E-state index in [-0.39, 0.29) is 17.3 Å². The molecule has 0 saturated carbocycles.